The number of methoxy groups -OCH3 is 1. The zero-order valence-corrected chi connectivity index (χ0v) is 15.3. The Hall–Kier alpha value is -3.20. The van der Waals surface area contributed by atoms with E-state index in [0.29, 0.717) is 17.8 Å². The highest BCUT2D eigenvalue weighted by Crippen LogP contribution is 2.12. The van der Waals surface area contributed by atoms with Gasteiger partial charge < -0.3 is 14.0 Å². The van der Waals surface area contributed by atoms with Crippen LogP contribution in [0.5, 0.6) is 0 Å². The molecule has 2 aromatic heterocycles. The summed E-state index contributed by atoms with van der Waals surface area (Å²) in [4.78, 5) is 40.8. The van der Waals surface area contributed by atoms with Crippen LogP contribution < -0.4 is 11.2 Å². The highest BCUT2D eigenvalue weighted by Gasteiger charge is 2.15. The zero-order valence-electron chi connectivity index (χ0n) is 15.3. The van der Waals surface area contributed by atoms with E-state index in [4.69, 9.17) is 9.47 Å². The van der Waals surface area contributed by atoms with Crippen molar-refractivity contribution in [2.75, 3.05) is 13.7 Å². The van der Waals surface area contributed by atoms with Gasteiger partial charge in [-0.1, -0.05) is 18.2 Å². The van der Waals surface area contributed by atoms with Crippen LogP contribution in [-0.4, -0.2) is 38.4 Å². The van der Waals surface area contributed by atoms with Crippen molar-refractivity contribution in [3.8, 4) is 0 Å². The van der Waals surface area contributed by atoms with Gasteiger partial charge in [-0.15, -0.1) is 0 Å². The summed E-state index contributed by atoms with van der Waals surface area (Å²) < 4.78 is 14.3. The van der Waals surface area contributed by atoms with Crippen molar-refractivity contribution in [2.45, 2.75) is 13.2 Å². The van der Waals surface area contributed by atoms with Gasteiger partial charge in [0.15, 0.2) is 11.2 Å². The molecule has 0 fully saturated rings. The molecule has 0 unspecified atom stereocenters. The fourth-order valence-electron chi connectivity index (χ4n) is 2.88. The van der Waals surface area contributed by atoms with Gasteiger partial charge in [0, 0.05) is 21.2 Å². The number of hydrogen-bond donors (Lipinski definition) is 0. The van der Waals surface area contributed by atoms with Gasteiger partial charge in [-0.2, -0.15) is 0 Å². The lowest BCUT2D eigenvalue weighted by Gasteiger charge is -2.10. The van der Waals surface area contributed by atoms with Crippen LogP contribution in [0.4, 0.5) is 0 Å². The summed E-state index contributed by atoms with van der Waals surface area (Å²) in [6, 6.07) is 7.05. The maximum Gasteiger partial charge on any atom is 0.338 e. The first-order valence-corrected chi connectivity index (χ1v) is 8.30. The van der Waals surface area contributed by atoms with Crippen LogP contribution in [0.15, 0.2) is 40.2 Å². The van der Waals surface area contributed by atoms with Crippen molar-refractivity contribution in [3.05, 3.63) is 62.6 Å². The Morgan fingerprint density at radius 1 is 1.15 bits per heavy atom. The third-order valence-corrected chi connectivity index (χ3v) is 4.32. The molecular formula is C18H20N4O5. The monoisotopic (exact) mass is 372 g/mol. The van der Waals surface area contributed by atoms with Crippen molar-refractivity contribution >= 4 is 17.1 Å². The summed E-state index contributed by atoms with van der Waals surface area (Å²) in [5.41, 5.74) is 0.867. The van der Waals surface area contributed by atoms with Crippen molar-refractivity contribution in [1.29, 1.82) is 0 Å². The molecule has 0 saturated heterocycles. The Bertz CT molecular complexity index is 1110. The number of aromatic nitrogens is 4. The van der Waals surface area contributed by atoms with E-state index >= 15 is 0 Å². The SMILES string of the molecule is COCc1ccccc1C(=O)OCCn1cnc2c1c(=O)n(C)c(=O)n2C. The maximum absolute atomic E-state index is 12.4. The van der Waals surface area contributed by atoms with E-state index in [1.165, 1.54) is 17.9 Å². The Morgan fingerprint density at radius 2 is 1.89 bits per heavy atom. The van der Waals surface area contributed by atoms with E-state index in [2.05, 4.69) is 4.98 Å². The molecule has 3 aromatic rings. The third kappa shape index (κ3) is 3.41. The lowest BCUT2D eigenvalue weighted by atomic mass is 10.1. The maximum atomic E-state index is 12.4. The number of esters is 1. The van der Waals surface area contributed by atoms with Crippen molar-refractivity contribution in [1.82, 2.24) is 18.7 Å². The number of benzene rings is 1. The van der Waals surface area contributed by atoms with Crippen LogP contribution >= 0.6 is 0 Å². The van der Waals surface area contributed by atoms with Gasteiger partial charge in [-0.05, 0) is 11.6 Å². The fourth-order valence-corrected chi connectivity index (χ4v) is 2.88. The minimum Gasteiger partial charge on any atom is -0.460 e. The van der Waals surface area contributed by atoms with Gasteiger partial charge in [0.25, 0.3) is 5.56 Å². The molecule has 0 atom stereocenters. The normalized spacial score (nSPS) is 11.1. The van der Waals surface area contributed by atoms with E-state index in [0.717, 1.165) is 10.1 Å². The molecule has 0 radical (unpaired) electrons. The van der Waals surface area contributed by atoms with Gasteiger partial charge in [-0.25, -0.2) is 14.6 Å². The number of rotatable bonds is 6. The molecule has 3 rings (SSSR count). The quantitative estimate of drug-likeness (QED) is 0.583. The molecule has 0 aliphatic heterocycles. The minimum absolute atomic E-state index is 0.0532. The largest absolute Gasteiger partial charge is 0.460 e. The van der Waals surface area contributed by atoms with E-state index in [1.54, 1.807) is 36.9 Å². The number of carbonyl (C=O) groups excluding carboxylic acids is 1. The second-order valence-electron chi connectivity index (χ2n) is 6.04. The first-order chi connectivity index (χ1) is 13.0. The molecule has 0 aliphatic carbocycles. The van der Waals surface area contributed by atoms with E-state index in [-0.39, 0.29) is 18.7 Å². The molecule has 0 saturated carbocycles. The molecule has 1 aromatic carbocycles. The summed E-state index contributed by atoms with van der Waals surface area (Å²) in [6.07, 6.45) is 1.46. The van der Waals surface area contributed by atoms with Gasteiger partial charge >= 0.3 is 11.7 Å². The van der Waals surface area contributed by atoms with E-state index in [1.807, 2.05) is 6.07 Å². The summed E-state index contributed by atoms with van der Waals surface area (Å²) in [7, 11) is 4.52. The average molecular weight is 372 g/mol. The van der Waals surface area contributed by atoms with E-state index < -0.39 is 17.2 Å². The van der Waals surface area contributed by atoms with Crippen LogP contribution in [0.25, 0.3) is 11.2 Å². The average Bonchev–Trinajstić information content (AvgIpc) is 3.09. The van der Waals surface area contributed by atoms with Crippen LogP contribution in [0.1, 0.15) is 15.9 Å². The Balaban J connectivity index is 1.78. The molecule has 27 heavy (non-hydrogen) atoms. The number of fused-ring (bicyclic) bond motifs is 1. The summed E-state index contributed by atoms with van der Waals surface area (Å²) in [5, 5.41) is 0. The molecule has 9 heteroatoms. The number of carbonyl (C=O) groups is 1. The smallest absolute Gasteiger partial charge is 0.338 e. The van der Waals surface area contributed by atoms with Crippen molar-refractivity contribution < 1.29 is 14.3 Å². The van der Waals surface area contributed by atoms with E-state index in [9.17, 15) is 14.4 Å². The Kier molecular flexibility index (Phi) is 5.22. The molecule has 0 aliphatic rings. The number of nitrogens with zero attached hydrogens (tertiary/aromatic N) is 4. The number of hydrogen-bond acceptors (Lipinski definition) is 6. The number of imidazole rings is 1. The number of aryl methyl sites for hydroxylation is 1. The topological polar surface area (TPSA) is 97.3 Å². The second kappa shape index (κ2) is 7.58. The summed E-state index contributed by atoms with van der Waals surface area (Å²) in [6.45, 7) is 0.598. The molecule has 142 valence electrons. The first kappa shape index (κ1) is 18.6. The highest BCUT2D eigenvalue weighted by molar-refractivity contribution is 5.91. The Morgan fingerprint density at radius 3 is 2.63 bits per heavy atom. The molecule has 0 spiro atoms. The molecule has 0 bridgehead atoms. The molecular weight excluding hydrogens is 352 g/mol. The van der Waals surface area contributed by atoms with Crippen molar-refractivity contribution in [3.63, 3.8) is 0 Å². The van der Waals surface area contributed by atoms with Gasteiger partial charge in [0.2, 0.25) is 0 Å². The first-order valence-electron chi connectivity index (χ1n) is 8.30. The fraction of sp³-hybridized carbons (Fsp3) is 0.333. The molecule has 0 N–H and O–H groups in total. The lowest BCUT2D eigenvalue weighted by Crippen LogP contribution is -2.37. The van der Waals surface area contributed by atoms with Gasteiger partial charge in [-0.3, -0.25) is 13.9 Å². The van der Waals surface area contributed by atoms with Gasteiger partial charge in [0.1, 0.15) is 6.61 Å². The van der Waals surface area contributed by atoms with Crippen LogP contribution in [0, 0.1) is 0 Å². The zero-order chi connectivity index (χ0) is 19.6. The summed E-state index contributed by atoms with van der Waals surface area (Å²) >= 11 is 0. The van der Waals surface area contributed by atoms with Crippen molar-refractivity contribution in [2.24, 2.45) is 14.1 Å². The predicted molar refractivity (Wildman–Crippen MR) is 97.7 cm³/mol. The molecule has 0 amide bonds. The van der Waals surface area contributed by atoms with Crippen LogP contribution in [-0.2, 0) is 36.7 Å². The lowest BCUT2D eigenvalue weighted by molar-refractivity contribution is 0.0487. The minimum atomic E-state index is -0.465. The predicted octanol–water partition coefficient (Wildman–Crippen LogP) is 0.437. The van der Waals surface area contributed by atoms with Crippen LogP contribution in [0.2, 0.25) is 0 Å². The standard InChI is InChI=1S/C18H20N4O5/c1-20-15-14(16(23)21(2)18(20)25)22(11-19-15)8-9-27-17(24)13-7-5-4-6-12(13)10-26-3/h4-7,11H,8-10H2,1-3H3. The molecule has 9 nitrogen and oxygen atoms in total. The summed E-state index contributed by atoms with van der Waals surface area (Å²) in [5.74, 6) is -0.465. The van der Waals surface area contributed by atoms with Gasteiger partial charge in [0.05, 0.1) is 25.0 Å². The van der Waals surface area contributed by atoms with Crippen LogP contribution in [0.3, 0.4) is 0 Å². The second-order valence-corrected chi connectivity index (χ2v) is 6.04. The Labute approximate surface area is 154 Å². The highest BCUT2D eigenvalue weighted by atomic mass is 16.5. The molecule has 2 heterocycles. The number of ether oxygens (including phenoxy) is 2. The third-order valence-electron chi connectivity index (χ3n) is 4.32.